The van der Waals surface area contributed by atoms with Crippen molar-refractivity contribution in [3.8, 4) is 11.1 Å². The minimum Gasteiger partial charge on any atom is -0.481 e. The first kappa shape index (κ1) is 25.3. The Morgan fingerprint density at radius 1 is 0.941 bits per heavy atom. The van der Waals surface area contributed by atoms with E-state index in [9.17, 15) is 14.4 Å². The predicted molar refractivity (Wildman–Crippen MR) is 131 cm³/mol. The number of amides is 2. The van der Waals surface area contributed by atoms with Crippen LogP contribution in [0, 0.1) is 5.92 Å². The molecule has 1 aliphatic carbocycles. The second kappa shape index (κ2) is 11.7. The molecular weight excluding hydrogens is 432 g/mol. The molecule has 0 aromatic heterocycles. The lowest BCUT2D eigenvalue weighted by atomic mass is 9.98. The molecule has 0 aliphatic heterocycles. The maximum atomic E-state index is 12.6. The number of carboxylic acids is 1. The summed E-state index contributed by atoms with van der Waals surface area (Å²) in [6, 6.07) is 15.4. The number of fused-ring (bicyclic) bond motifs is 3. The standard InChI is InChI=1S/C27H34N2O5/c1-4-9-18(14-26(31)32)28-25(30)15-24(17(2)3)29-27(33)34-16-23-21-12-7-5-10-19(21)20-11-6-8-13-22(20)23/h5-8,10-13,17-18,23-24H,4,9,14-16H2,1-3H3,(H,28,30)(H,29,33)(H,31,32)/t18-,24?/m0/s1. The number of alkyl carbamates (subject to hydrolysis) is 1. The van der Waals surface area contributed by atoms with Crippen molar-refractivity contribution in [3.05, 3.63) is 59.7 Å². The zero-order chi connectivity index (χ0) is 24.7. The summed E-state index contributed by atoms with van der Waals surface area (Å²) in [7, 11) is 0. The minimum absolute atomic E-state index is 0.00432. The molecule has 7 heteroatoms. The molecule has 2 amide bonds. The van der Waals surface area contributed by atoms with E-state index in [4.69, 9.17) is 9.84 Å². The van der Waals surface area contributed by atoms with Gasteiger partial charge >= 0.3 is 12.1 Å². The Morgan fingerprint density at radius 2 is 1.53 bits per heavy atom. The van der Waals surface area contributed by atoms with Gasteiger partial charge in [0, 0.05) is 24.4 Å². The molecule has 3 N–H and O–H groups in total. The molecule has 2 atom stereocenters. The molecule has 0 fully saturated rings. The van der Waals surface area contributed by atoms with E-state index >= 15 is 0 Å². The number of hydrogen-bond acceptors (Lipinski definition) is 4. The van der Waals surface area contributed by atoms with E-state index in [1.54, 1.807) is 0 Å². The second-order valence-electron chi connectivity index (χ2n) is 9.18. The van der Waals surface area contributed by atoms with Crippen LogP contribution in [-0.2, 0) is 14.3 Å². The molecule has 182 valence electrons. The highest BCUT2D eigenvalue weighted by atomic mass is 16.5. The Morgan fingerprint density at radius 3 is 2.06 bits per heavy atom. The van der Waals surface area contributed by atoms with Crippen LogP contribution in [0.1, 0.15) is 63.5 Å². The highest BCUT2D eigenvalue weighted by Crippen LogP contribution is 2.44. The van der Waals surface area contributed by atoms with Crippen LogP contribution in [-0.4, -0.2) is 41.8 Å². The quantitative estimate of drug-likeness (QED) is 0.445. The summed E-state index contributed by atoms with van der Waals surface area (Å²) >= 11 is 0. The molecule has 0 saturated heterocycles. The molecule has 0 saturated carbocycles. The van der Waals surface area contributed by atoms with Crippen molar-refractivity contribution in [2.45, 2.75) is 64.5 Å². The molecule has 7 nitrogen and oxygen atoms in total. The van der Waals surface area contributed by atoms with Gasteiger partial charge in [0.2, 0.25) is 5.91 Å². The van der Waals surface area contributed by atoms with Crippen LogP contribution in [0.5, 0.6) is 0 Å². The molecular formula is C27H34N2O5. The van der Waals surface area contributed by atoms with Crippen LogP contribution in [0.25, 0.3) is 11.1 Å². The molecule has 0 heterocycles. The number of nitrogens with one attached hydrogen (secondary N) is 2. The summed E-state index contributed by atoms with van der Waals surface area (Å²) in [5.74, 6) is -1.27. The number of ether oxygens (including phenoxy) is 1. The van der Waals surface area contributed by atoms with Gasteiger partial charge in [-0.05, 0) is 34.6 Å². The lowest BCUT2D eigenvalue weighted by Gasteiger charge is -2.24. The highest BCUT2D eigenvalue weighted by Gasteiger charge is 2.29. The van der Waals surface area contributed by atoms with Gasteiger partial charge in [-0.2, -0.15) is 0 Å². The normalized spacial score (nSPS) is 14.1. The van der Waals surface area contributed by atoms with E-state index in [0.29, 0.717) is 6.42 Å². The minimum atomic E-state index is -0.948. The van der Waals surface area contributed by atoms with E-state index < -0.39 is 24.1 Å². The molecule has 2 aromatic rings. The Balaban J connectivity index is 1.58. The molecule has 3 rings (SSSR count). The fraction of sp³-hybridized carbons (Fsp3) is 0.444. The number of rotatable bonds is 11. The lowest BCUT2D eigenvalue weighted by Crippen LogP contribution is -2.45. The molecule has 0 bridgehead atoms. The smallest absolute Gasteiger partial charge is 0.407 e. The average molecular weight is 467 g/mol. The van der Waals surface area contributed by atoms with Gasteiger partial charge < -0.3 is 20.5 Å². The van der Waals surface area contributed by atoms with Crippen molar-refractivity contribution >= 4 is 18.0 Å². The average Bonchev–Trinajstić information content (AvgIpc) is 3.10. The van der Waals surface area contributed by atoms with E-state index in [2.05, 4.69) is 34.9 Å². The number of carboxylic acid groups (broad SMARTS) is 1. The zero-order valence-electron chi connectivity index (χ0n) is 20.0. The maximum absolute atomic E-state index is 12.6. The summed E-state index contributed by atoms with van der Waals surface area (Å²) < 4.78 is 5.61. The molecule has 34 heavy (non-hydrogen) atoms. The summed E-state index contributed by atoms with van der Waals surface area (Å²) in [5, 5.41) is 14.7. The van der Waals surface area contributed by atoms with Crippen LogP contribution < -0.4 is 10.6 Å². The number of aliphatic carboxylic acids is 1. The van der Waals surface area contributed by atoms with Crippen molar-refractivity contribution in [2.24, 2.45) is 5.92 Å². The zero-order valence-corrected chi connectivity index (χ0v) is 20.0. The maximum Gasteiger partial charge on any atom is 0.407 e. The molecule has 2 aromatic carbocycles. The Bertz CT molecular complexity index is 974. The number of carbonyl (C=O) groups is 3. The van der Waals surface area contributed by atoms with Gasteiger partial charge in [-0.1, -0.05) is 75.7 Å². The first-order valence-electron chi connectivity index (χ1n) is 11.9. The summed E-state index contributed by atoms with van der Waals surface area (Å²) in [5.41, 5.74) is 4.59. The van der Waals surface area contributed by atoms with Gasteiger partial charge in [-0.25, -0.2) is 4.79 Å². The fourth-order valence-electron chi connectivity index (χ4n) is 4.52. The van der Waals surface area contributed by atoms with E-state index in [0.717, 1.165) is 28.7 Å². The van der Waals surface area contributed by atoms with Gasteiger partial charge in [0.25, 0.3) is 0 Å². The molecule has 1 aliphatic rings. The molecule has 0 radical (unpaired) electrons. The number of benzene rings is 2. The number of carbonyl (C=O) groups excluding carboxylic acids is 2. The third kappa shape index (κ3) is 6.37. The first-order valence-corrected chi connectivity index (χ1v) is 11.9. The second-order valence-corrected chi connectivity index (χ2v) is 9.18. The largest absolute Gasteiger partial charge is 0.481 e. The van der Waals surface area contributed by atoms with Crippen molar-refractivity contribution in [1.29, 1.82) is 0 Å². The van der Waals surface area contributed by atoms with Gasteiger partial charge in [-0.3, -0.25) is 9.59 Å². The van der Waals surface area contributed by atoms with Crippen LogP contribution in [0.15, 0.2) is 48.5 Å². The summed E-state index contributed by atoms with van der Waals surface area (Å²) in [6.07, 6.45) is 0.727. The van der Waals surface area contributed by atoms with Gasteiger partial charge in [0.15, 0.2) is 0 Å². The third-order valence-electron chi connectivity index (χ3n) is 6.28. The van der Waals surface area contributed by atoms with Crippen molar-refractivity contribution < 1.29 is 24.2 Å². The van der Waals surface area contributed by atoms with Crippen LogP contribution >= 0.6 is 0 Å². The van der Waals surface area contributed by atoms with Crippen molar-refractivity contribution in [1.82, 2.24) is 10.6 Å². The van der Waals surface area contributed by atoms with E-state index in [1.807, 2.05) is 45.0 Å². The Kier molecular flexibility index (Phi) is 8.68. The van der Waals surface area contributed by atoms with Crippen LogP contribution in [0.3, 0.4) is 0 Å². The summed E-state index contributed by atoms with van der Waals surface area (Å²) in [6.45, 7) is 5.98. The molecule has 0 spiro atoms. The number of hydrogen-bond donors (Lipinski definition) is 3. The topological polar surface area (TPSA) is 105 Å². The molecule has 1 unspecified atom stereocenters. The lowest BCUT2D eigenvalue weighted by molar-refractivity contribution is -0.137. The Hall–Kier alpha value is -3.35. The van der Waals surface area contributed by atoms with Gasteiger partial charge in [-0.15, -0.1) is 0 Å². The highest BCUT2D eigenvalue weighted by molar-refractivity contribution is 5.80. The third-order valence-corrected chi connectivity index (χ3v) is 6.28. The van der Waals surface area contributed by atoms with E-state index in [-0.39, 0.29) is 37.2 Å². The van der Waals surface area contributed by atoms with Gasteiger partial charge in [0.05, 0.1) is 6.42 Å². The van der Waals surface area contributed by atoms with Crippen LogP contribution in [0.2, 0.25) is 0 Å². The van der Waals surface area contributed by atoms with Crippen LogP contribution in [0.4, 0.5) is 4.79 Å². The fourth-order valence-corrected chi connectivity index (χ4v) is 4.52. The SMILES string of the molecule is CCC[C@@H](CC(=O)O)NC(=O)CC(NC(=O)OCC1c2ccccc2-c2ccccc21)C(C)C. The van der Waals surface area contributed by atoms with Crippen molar-refractivity contribution in [2.75, 3.05) is 6.61 Å². The summed E-state index contributed by atoms with van der Waals surface area (Å²) in [4.78, 5) is 36.3. The van der Waals surface area contributed by atoms with Crippen molar-refractivity contribution in [3.63, 3.8) is 0 Å². The first-order chi connectivity index (χ1) is 16.3. The predicted octanol–water partition coefficient (Wildman–Crippen LogP) is 4.70. The Labute approximate surface area is 200 Å². The van der Waals surface area contributed by atoms with Gasteiger partial charge in [0.1, 0.15) is 6.61 Å². The van der Waals surface area contributed by atoms with E-state index in [1.165, 1.54) is 0 Å². The monoisotopic (exact) mass is 466 g/mol.